The van der Waals surface area contributed by atoms with E-state index in [1.54, 1.807) is 41.6 Å². The normalized spacial score (nSPS) is 20.0. The molecule has 1 saturated carbocycles. The Labute approximate surface area is 146 Å². The number of hydrogen-bond donors (Lipinski definition) is 1. The number of amides is 1. The van der Waals surface area contributed by atoms with Gasteiger partial charge in [-0.1, -0.05) is 30.3 Å². The van der Waals surface area contributed by atoms with Crippen molar-refractivity contribution in [1.82, 2.24) is 19.9 Å². The molecule has 2 heterocycles. The van der Waals surface area contributed by atoms with Crippen LogP contribution in [0.3, 0.4) is 0 Å². The van der Waals surface area contributed by atoms with Crippen molar-refractivity contribution in [1.29, 1.82) is 0 Å². The standard InChI is InChI=1S/C20H20N4O/c1-14(17-12-18(17)15-5-3-2-4-6-15)23-20(25)16-7-8-22-19(11-16)24-10-9-21-13-24/h2-11,13-14,17-18H,12H2,1H3,(H,23,25)/t14-,17+,18+/m0/s1. The van der Waals surface area contributed by atoms with E-state index in [1.807, 2.05) is 6.07 Å². The summed E-state index contributed by atoms with van der Waals surface area (Å²) in [6, 6.07) is 14.2. The first-order chi connectivity index (χ1) is 12.2. The molecule has 5 nitrogen and oxygen atoms in total. The fourth-order valence-electron chi connectivity index (χ4n) is 3.34. The summed E-state index contributed by atoms with van der Waals surface area (Å²) in [5, 5.41) is 3.14. The second kappa shape index (κ2) is 6.51. The number of nitrogens with zero attached hydrogens (tertiary/aromatic N) is 3. The maximum absolute atomic E-state index is 12.6. The van der Waals surface area contributed by atoms with Crippen LogP contribution >= 0.6 is 0 Å². The molecule has 0 aliphatic heterocycles. The highest BCUT2D eigenvalue weighted by Crippen LogP contribution is 2.49. The number of carbonyl (C=O) groups is 1. The molecule has 5 heteroatoms. The lowest BCUT2D eigenvalue weighted by Crippen LogP contribution is -2.34. The molecule has 0 bridgehead atoms. The molecule has 0 spiro atoms. The second-order valence-electron chi connectivity index (χ2n) is 6.55. The number of aromatic nitrogens is 3. The molecule has 2 aromatic heterocycles. The molecule has 0 unspecified atom stereocenters. The van der Waals surface area contributed by atoms with Gasteiger partial charge in [0, 0.05) is 30.2 Å². The minimum atomic E-state index is -0.0602. The zero-order chi connectivity index (χ0) is 17.2. The first-order valence-corrected chi connectivity index (χ1v) is 8.52. The van der Waals surface area contributed by atoms with Crippen LogP contribution in [0.1, 0.15) is 35.2 Å². The second-order valence-corrected chi connectivity index (χ2v) is 6.55. The van der Waals surface area contributed by atoms with Gasteiger partial charge >= 0.3 is 0 Å². The molecule has 1 aliphatic rings. The summed E-state index contributed by atoms with van der Waals surface area (Å²) < 4.78 is 1.78. The topological polar surface area (TPSA) is 59.8 Å². The first kappa shape index (κ1) is 15.6. The zero-order valence-corrected chi connectivity index (χ0v) is 14.0. The van der Waals surface area contributed by atoms with E-state index in [9.17, 15) is 4.79 Å². The van der Waals surface area contributed by atoms with Gasteiger partial charge in [-0.25, -0.2) is 9.97 Å². The highest BCUT2D eigenvalue weighted by Gasteiger charge is 2.42. The molecule has 3 atom stereocenters. The summed E-state index contributed by atoms with van der Waals surface area (Å²) in [5.41, 5.74) is 1.97. The quantitative estimate of drug-likeness (QED) is 0.780. The highest BCUT2D eigenvalue weighted by molar-refractivity contribution is 5.94. The molecule has 1 amide bonds. The SMILES string of the molecule is C[C@H](NC(=O)c1ccnc(-n2ccnc2)c1)[C@H]1C[C@@H]1c1ccccc1. The summed E-state index contributed by atoms with van der Waals surface area (Å²) in [7, 11) is 0. The first-order valence-electron chi connectivity index (χ1n) is 8.52. The van der Waals surface area contributed by atoms with Crippen molar-refractivity contribution in [2.24, 2.45) is 5.92 Å². The van der Waals surface area contributed by atoms with E-state index in [0.29, 0.717) is 23.2 Å². The molecule has 25 heavy (non-hydrogen) atoms. The molecular weight excluding hydrogens is 312 g/mol. The van der Waals surface area contributed by atoms with Crippen molar-refractivity contribution in [2.45, 2.75) is 25.3 Å². The van der Waals surface area contributed by atoms with Gasteiger partial charge in [0.15, 0.2) is 0 Å². The molecule has 3 aromatic rings. The zero-order valence-electron chi connectivity index (χ0n) is 14.0. The van der Waals surface area contributed by atoms with Crippen LogP contribution in [0.15, 0.2) is 67.4 Å². The van der Waals surface area contributed by atoms with Crippen molar-refractivity contribution in [3.8, 4) is 5.82 Å². The number of carbonyl (C=O) groups excluding carboxylic acids is 1. The molecule has 0 saturated heterocycles. The predicted molar refractivity (Wildman–Crippen MR) is 95.6 cm³/mol. The Morgan fingerprint density at radius 2 is 2.08 bits per heavy atom. The Balaban J connectivity index is 1.42. The van der Waals surface area contributed by atoms with Gasteiger partial charge in [-0.3, -0.25) is 9.36 Å². The lowest BCUT2D eigenvalue weighted by Gasteiger charge is -2.14. The summed E-state index contributed by atoms with van der Waals surface area (Å²) in [4.78, 5) is 20.9. The van der Waals surface area contributed by atoms with Crippen LogP contribution in [-0.4, -0.2) is 26.5 Å². The van der Waals surface area contributed by atoms with Crippen LogP contribution in [0.5, 0.6) is 0 Å². The summed E-state index contributed by atoms with van der Waals surface area (Å²) in [5.74, 6) is 1.68. The maximum atomic E-state index is 12.6. The molecule has 1 N–H and O–H groups in total. The van der Waals surface area contributed by atoms with Crippen molar-refractivity contribution in [3.05, 3.63) is 78.5 Å². The van der Waals surface area contributed by atoms with E-state index >= 15 is 0 Å². The number of benzene rings is 1. The molecule has 0 radical (unpaired) electrons. The average molecular weight is 332 g/mol. The van der Waals surface area contributed by atoms with Crippen LogP contribution in [0, 0.1) is 5.92 Å². The van der Waals surface area contributed by atoms with Crippen molar-refractivity contribution >= 4 is 5.91 Å². The van der Waals surface area contributed by atoms with E-state index in [1.165, 1.54) is 5.56 Å². The Bertz CT molecular complexity index is 860. The summed E-state index contributed by atoms with van der Waals surface area (Å²) in [6.07, 6.45) is 7.94. The Kier molecular flexibility index (Phi) is 4.06. The molecular formula is C20H20N4O. The lowest BCUT2D eigenvalue weighted by molar-refractivity contribution is 0.0935. The van der Waals surface area contributed by atoms with Crippen molar-refractivity contribution in [2.75, 3.05) is 0 Å². The molecule has 126 valence electrons. The number of pyridine rings is 1. The van der Waals surface area contributed by atoms with Gasteiger partial charge in [-0.05, 0) is 42.9 Å². The summed E-state index contributed by atoms with van der Waals surface area (Å²) >= 11 is 0. The summed E-state index contributed by atoms with van der Waals surface area (Å²) in [6.45, 7) is 2.09. The third-order valence-corrected chi connectivity index (χ3v) is 4.85. The third-order valence-electron chi connectivity index (χ3n) is 4.85. The van der Waals surface area contributed by atoms with Gasteiger partial charge in [0.1, 0.15) is 12.1 Å². The van der Waals surface area contributed by atoms with Gasteiger partial charge < -0.3 is 5.32 Å². The van der Waals surface area contributed by atoms with E-state index < -0.39 is 0 Å². The minimum Gasteiger partial charge on any atom is -0.349 e. The van der Waals surface area contributed by atoms with Crippen LogP contribution in [-0.2, 0) is 0 Å². The van der Waals surface area contributed by atoms with Crippen LogP contribution in [0.4, 0.5) is 0 Å². The lowest BCUT2D eigenvalue weighted by atomic mass is 10.1. The van der Waals surface area contributed by atoms with Crippen molar-refractivity contribution < 1.29 is 4.79 Å². The van der Waals surface area contributed by atoms with E-state index in [-0.39, 0.29) is 11.9 Å². The highest BCUT2D eigenvalue weighted by atomic mass is 16.1. The van der Waals surface area contributed by atoms with E-state index in [4.69, 9.17) is 0 Å². The fourth-order valence-corrected chi connectivity index (χ4v) is 3.34. The third kappa shape index (κ3) is 3.31. The Hall–Kier alpha value is -2.95. The van der Waals surface area contributed by atoms with Gasteiger partial charge in [0.2, 0.25) is 0 Å². The fraction of sp³-hybridized carbons (Fsp3) is 0.250. The molecule has 1 fully saturated rings. The number of imidazole rings is 1. The monoisotopic (exact) mass is 332 g/mol. The van der Waals surface area contributed by atoms with Crippen molar-refractivity contribution in [3.63, 3.8) is 0 Å². The molecule has 4 rings (SSSR count). The maximum Gasteiger partial charge on any atom is 0.251 e. The van der Waals surface area contributed by atoms with Crippen LogP contribution in [0.2, 0.25) is 0 Å². The van der Waals surface area contributed by atoms with Gasteiger partial charge in [0.05, 0.1) is 0 Å². The smallest absolute Gasteiger partial charge is 0.251 e. The van der Waals surface area contributed by atoms with Gasteiger partial charge in [-0.15, -0.1) is 0 Å². The predicted octanol–water partition coefficient (Wildman–Crippen LogP) is 3.19. The van der Waals surface area contributed by atoms with Gasteiger partial charge in [-0.2, -0.15) is 0 Å². The number of rotatable bonds is 5. The van der Waals surface area contributed by atoms with Crippen LogP contribution in [0.25, 0.3) is 5.82 Å². The van der Waals surface area contributed by atoms with Crippen LogP contribution < -0.4 is 5.32 Å². The Morgan fingerprint density at radius 1 is 1.24 bits per heavy atom. The minimum absolute atomic E-state index is 0.0602. The van der Waals surface area contributed by atoms with Gasteiger partial charge in [0.25, 0.3) is 5.91 Å². The number of hydrogen-bond acceptors (Lipinski definition) is 3. The van der Waals surface area contributed by atoms with E-state index in [0.717, 1.165) is 6.42 Å². The molecule has 1 aliphatic carbocycles. The largest absolute Gasteiger partial charge is 0.349 e. The average Bonchev–Trinajstić information content (AvgIpc) is 3.27. The van der Waals surface area contributed by atoms with E-state index in [2.05, 4.69) is 46.5 Å². The Morgan fingerprint density at radius 3 is 2.84 bits per heavy atom. The number of nitrogens with one attached hydrogen (secondary N) is 1. The molecule has 1 aromatic carbocycles.